The summed E-state index contributed by atoms with van der Waals surface area (Å²) in [5.41, 5.74) is 0.307. The van der Waals surface area contributed by atoms with Gasteiger partial charge in [-0.15, -0.1) is 0 Å². The third-order valence-corrected chi connectivity index (χ3v) is 7.70. The van der Waals surface area contributed by atoms with E-state index in [1.165, 1.54) is 7.11 Å². The third kappa shape index (κ3) is 4.92. The van der Waals surface area contributed by atoms with E-state index < -0.39 is 23.9 Å². The number of carbonyl (C=O) groups is 2. The molecule has 2 aliphatic rings. The first-order chi connectivity index (χ1) is 16.8. The zero-order valence-corrected chi connectivity index (χ0v) is 22.7. The van der Waals surface area contributed by atoms with Crippen molar-refractivity contribution < 1.29 is 23.6 Å². The Labute approximate surface area is 217 Å². The number of hydrogen-bond acceptors (Lipinski definition) is 7. The lowest BCUT2D eigenvalue weighted by Crippen LogP contribution is -2.50. The first kappa shape index (κ1) is 26.7. The fourth-order valence-electron chi connectivity index (χ4n) is 4.48. The Bertz CT molecular complexity index is 1160. The van der Waals surface area contributed by atoms with Gasteiger partial charge in [-0.1, -0.05) is 23.7 Å². The van der Waals surface area contributed by atoms with Gasteiger partial charge >= 0.3 is 13.1 Å². The van der Waals surface area contributed by atoms with E-state index in [2.05, 4.69) is 15.7 Å². The third-order valence-electron chi connectivity index (χ3n) is 7.28. The highest BCUT2D eigenvalue weighted by atomic mass is 35.5. The SMILES string of the molecule is COC(=O)C(C)(C)NC1CCCn2nc(C(=O)Nc3cccc(B4OC(C)(C)C(C)(C)O4)c3Cl)cc21. The Morgan fingerprint density at radius 1 is 1.22 bits per heavy atom. The molecule has 2 aromatic rings. The van der Waals surface area contributed by atoms with Crippen LogP contribution in [0.25, 0.3) is 0 Å². The summed E-state index contributed by atoms with van der Waals surface area (Å²) in [4.78, 5) is 25.3. The van der Waals surface area contributed by atoms with Gasteiger partial charge in [-0.2, -0.15) is 5.10 Å². The van der Waals surface area contributed by atoms with Gasteiger partial charge in [0, 0.05) is 12.0 Å². The lowest BCUT2D eigenvalue weighted by molar-refractivity contribution is -0.147. The minimum absolute atomic E-state index is 0.141. The molecule has 194 valence electrons. The monoisotopic (exact) mass is 516 g/mol. The van der Waals surface area contributed by atoms with Crippen LogP contribution in [-0.2, 0) is 25.4 Å². The Morgan fingerprint density at radius 2 is 1.89 bits per heavy atom. The van der Waals surface area contributed by atoms with Gasteiger partial charge < -0.3 is 19.4 Å². The number of esters is 1. The number of methoxy groups -OCH3 is 1. The molecule has 2 N–H and O–H groups in total. The van der Waals surface area contributed by atoms with Gasteiger partial charge in [-0.25, -0.2) is 0 Å². The van der Waals surface area contributed by atoms with Crippen LogP contribution in [0.3, 0.4) is 0 Å². The minimum Gasteiger partial charge on any atom is -0.468 e. The van der Waals surface area contributed by atoms with Crippen LogP contribution in [0.15, 0.2) is 24.3 Å². The molecule has 1 aromatic carbocycles. The molecule has 1 saturated heterocycles. The number of fused-ring (bicyclic) bond motifs is 1. The molecule has 11 heteroatoms. The van der Waals surface area contributed by atoms with E-state index in [1.54, 1.807) is 32.0 Å². The fraction of sp³-hybridized carbons (Fsp3) is 0.560. The minimum atomic E-state index is -0.879. The summed E-state index contributed by atoms with van der Waals surface area (Å²) in [5, 5.41) is 11.1. The second-order valence-corrected chi connectivity index (χ2v) is 11.3. The molecule has 0 radical (unpaired) electrons. The van der Waals surface area contributed by atoms with E-state index >= 15 is 0 Å². The maximum atomic E-state index is 13.2. The zero-order chi connectivity index (χ0) is 26.5. The molecule has 0 spiro atoms. The normalized spacial score (nSPS) is 20.7. The van der Waals surface area contributed by atoms with Crippen molar-refractivity contribution in [2.45, 2.75) is 83.7 Å². The predicted molar refractivity (Wildman–Crippen MR) is 139 cm³/mol. The van der Waals surface area contributed by atoms with Crippen LogP contribution >= 0.6 is 11.6 Å². The van der Waals surface area contributed by atoms with Crippen molar-refractivity contribution in [1.29, 1.82) is 0 Å². The summed E-state index contributed by atoms with van der Waals surface area (Å²) in [6.07, 6.45) is 1.68. The number of ether oxygens (including phenoxy) is 1. The topological polar surface area (TPSA) is 104 Å². The average Bonchev–Trinajstić information content (AvgIpc) is 3.33. The highest BCUT2D eigenvalue weighted by Gasteiger charge is 2.52. The summed E-state index contributed by atoms with van der Waals surface area (Å²) in [6.45, 7) is 12.1. The number of anilines is 1. The molecule has 0 saturated carbocycles. The van der Waals surface area contributed by atoms with E-state index in [4.69, 9.17) is 25.6 Å². The maximum Gasteiger partial charge on any atom is 0.496 e. The van der Waals surface area contributed by atoms with Gasteiger partial charge in [0.2, 0.25) is 0 Å². The van der Waals surface area contributed by atoms with Gasteiger partial charge in [0.25, 0.3) is 5.91 Å². The molecule has 0 aliphatic carbocycles. The quantitative estimate of drug-likeness (QED) is 0.447. The highest BCUT2D eigenvalue weighted by molar-refractivity contribution is 6.66. The Balaban J connectivity index is 1.53. The summed E-state index contributed by atoms with van der Waals surface area (Å²) >= 11 is 6.69. The molecule has 4 rings (SSSR count). The molecule has 9 nitrogen and oxygen atoms in total. The summed E-state index contributed by atoms with van der Waals surface area (Å²) < 4.78 is 19.0. The zero-order valence-electron chi connectivity index (χ0n) is 21.9. The number of carbonyl (C=O) groups excluding carboxylic acids is 2. The van der Waals surface area contributed by atoms with Crippen molar-refractivity contribution in [2.75, 3.05) is 12.4 Å². The second kappa shape index (κ2) is 9.48. The number of halogens is 1. The number of hydrogen-bond donors (Lipinski definition) is 2. The number of benzene rings is 1. The Hall–Kier alpha value is -2.40. The molecule has 3 heterocycles. The Morgan fingerprint density at radius 3 is 2.53 bits per heavy atom. The highest BCUT2D eigenvalue weighted by Crippen LogP contribution is 2.37. The second-order valence-electron chi connectivity index (χ2n) is 10.9. The van der Waals surface area contributed by atoms with Crippen molar-refractivity contribution in [3.05, 3.63) is 40.7 Å². The van der Waals surface area contributed by atoms with E-state index in [9.17, 15) is 9.59 Å². The first-order valence-electron chi connectivity index (χ1n) is 12.1. The van der Waals surface area contributed by atoms with Crippen molar-refractivity contribution >= 4 is 41.7 Å². The first-order valence-corrected chi connectivity index (χ1v) is 12.5. The van der Waals surface area contributed by atoms with E-state index in [-0.39, 0.29) is 23.6 Å². The van der Waals surface area contributed by atoms with Crippen LogP contribution in [0, 0.1) is 0 Å². The van der Waals surface area contributed by atoms with Gasteiger partial charge in [-0.05, 0) is 66.5 Å². The lowest BCUT2D eigenvalue weighted by Gasteiger charge is -2.32. The predicted octanol–water partition coefficient (Wildman–Crippen LogP) is 3.46. The van der Waals surface area contributed by atoms with Crippen LogP contribution in [0.5, 0.6) is 0 Å². The Kier molecular flexibility index (Phi) is 7.02. The number of amides is 1. The lowest BCUT2D eigenvalue weighted by atomic mass is 9.79. The van der Waals surface area contributed by atoms with Crippen molar-refractivity contribution in [2.24, 2.45) is 0 Å². The molecular formula is C25H34BClN4O5. The number of nitrogens with one attached hydrogen (secondary N) is 2. The van der Waals surface area contributed by atoms with Gasteiger partial charge in [0.05, 0.1) is 40.8 Å². The molecule has 0 bridgehead atoms. The van der Waals surface area contributed by atoms with E-state index in [0.717, 1.165) is 18.5 Å². The largest absolute Gasteiger partial charge is 0.496 e. The molecule has 1 unspecified atom stereocenters. The van der Waals surface area contributed by atoms with Crippen LogP contribution in [0.4, 0.5) is 5.69 Å². The number of rotatable bonds is 6. The maximum absolute atomic E-state index is 13.2. The summed E-state index contributed by atoms with van der Waals surface area (Å²) in [7, 11) is 0.718. The number of aryl methyl sites for hydroxylation is 1. The van der Waals surface area contributed by atoms with Gasteiger partial charge in [0.1, 0.15) is 5.54 Å². The van der Waals surface area contributed by atoms with Crippen LogP contribution < -0.4 is 16.1 Å². The fourth-order valence-corrected chi connectivity index (χ4v) is 4.74. The van der Waals surface area contributed by atoms with Crippen molar-refractivity contribution in [1.82, 2.24) is 15.1 Å². The number of aromatic nitrogens is 2. The van der Waals surface area contributed by atoms with E-state index in [1.807, 2.05) is 38.4 Å². The smallest absolute Gasteiger partial charge is 0.468 e. The van der Waals surface area contributed by atoms with Crippen molar-refractivity contribution in [3.8, 4) is 0 Å². The molecular weight excluding hydrogens is 483 g/mol. The van der Waals surface area contributed by atoms with Crippen LogP contribution in [0.2, 0.25) is 5.02 Å². The van der Waals surface area contributed by atoms with Crippen molar-refractivity contribution in [3.63, 3.8) is 0 Å². The summed E-state index contributed by atoms with van der Waals surface area (Å²) in [5.74, 6) is -0.732. The van der Waals surface area contributed by atoms with E-state index in [0.29, 0.717) is 22.7 Å². The van der Waals surface area contributed by atoms with Crippen LogP contribution in [0.1, 0.15) is 76.6 Å². The number of nitrogens with zero attached hydrogens (tertiary/aromatic N) is 2. The molecule has 1 amide bonds. The molecule has 36 heavy (non-hydrogen) atoms. The summed E-state index contributed by atoms with van der Waals surface area (Å²) in [6, 6.07) is 6.97. The molecule has 1 atom stereocenters. The molecule has 1 fully saturated rings. The standard InChI is InChI=1S/C25H34BClN4O5/c1-23(2,22(33)34-7)29-16-12-9-13-31-19(16)14-18(30-31)21(32)28-17-11-8-10-15(20(17)27)26-35-24(3,4)25(5,6)36-26/h8,10-11,14,16,29H,9,12-13H2,1-7H3,(H,28,32). The average molecular weight is 517 g/mol. The van der Waals surface area contributed by atoms with Gasteiger partial charge in [-0.3, -0.25) is 19.6 Å². The molecule has 1 aromatic heterocycles. The van der Waals surface area contributed by atoms with Gasteiger partial charge in [0.15, 0.2) is 5.69 Å². The van der Waals surface area contributed by atoms with Crippen LogP contribution in [-0.4, -0.2) is 52.6 Å². The molecule has 2 aliphatic heterocycles.